The van der Waals surface area contributed by atoms with E-state index in [1.54, 1.807) is 24.3 Å². The maximum atomic E-state index is 12.3. The molecule has 1 N–H and O–H groups in total. The van der Waals surface area contributed by atoms with Crippen molar-refractivity contribution in [3.8, 4) is 6.07 Å². The molecule has 0 atom stereocenters. The van der Waals surface area contributed by atoms with Crippen molar-refractivity contribution in [1.29, 1.82) is 5.26 Å². The molecule has 0 bridgehead atoms. The molecule has 0 fully saturated rings. The number of sulfonamides is 1. The van der Waals surface area contributed by atoms with Crippen LogP contribution in [0.25, 0.3) is 0 Å². The fraction of sp³-hybridized carbons (Fsp3) is 0.588. The molecule has 0 heterocycles. The highest BCUT2D eigenvalue weighted by Crippen LogP contribution is 2.18. The van der Waals surface area contributed by atoms with Gasteiger partial charge in [-0.25, -0.2) is 13.1 Å². The van der Waals surface area contributed by atoms with Crippen molar-refractivity contribution in [3.63, 3.8) is 0 Å². The van der Waals surface area contributed by atoms with Crippen LogP contribution in [0.5, 0.6) is 0 Å². The van der Waals surface area contributed by atoms with Gasteiger partial charge in [-0.05, 0) is 38.8 Å². The molecule has 0 saturated heterocycles. The SMILES string of the molecule is CCO[Si](CCCNS(=O)(=O)Cc1ccccc1C#N)(OCC)OCC. The molecule has 0 amide bonds. The van der Waals surface area contributed by atoms with Gasteiger partial charge in [0.05, 0.1) is 17.4 Å². The molecule has 146 valence electrons. The molecule has 26 heavy (non-hydrogen) atoms. The summed E-state index contributed by atoms with van der Waals surface area (Å²) in [5, 5.41) is 9.07. The Bertz CT molecular complexity index is 674. The van der Waals surface area contributed by atoms with Crippen LogP contribution < -0.4 is 4.72 Å². The second-order valence-corrected chi connectivity index (χ2v) is 10.0. The first-order valence-corrected chi connectivity index (χ1v) is 12.4. The van der Waals surface area contributed by atoms with Crippen LogP contribution >= 0.6 is 0 Å². The summed E-state index contributed by atoms with van der Waals surface area (Å²) in [7, 11) is -6.29. The van der Waals surface area contributed by atoms with Gasteiger partial charge in [-0.2, -0.15) is 5.26 Å². The molecule has 0 saturated carbocycles. The summed E-state index contributed by atoms with van der Waals surface area (Å²) in [6.07, 6.45) is 0.547. The Hall–Kier alpha value is -1.28. The lowest BCUT2D eigenvalue weighted by Crippen LogP contribution is -2.46. The van der Waals surface area contributed by atoms with Crippen molar-refractivity contribution < 1.29 is 21.7 Å². The normalized spacial score (nSPS) is 12.1. The van der Waals surface area contributed by atoms with Gasteiger partial charge >= 0.3 is 8.80 Å². The highest BCUT2D eigenvalue weighted by atomic mass is 32.2. The van der Waals surface area contributed by atoms with Gasteiger partial charge in [0.25, 0.3) is 0 Å². The molecule has 0 aliphatic heterocycles. The summed E-state index contributed by atoms with van der Waals surface area (Å²) in [6, 6.07) is 9.24. The average Bonchev–Trinajstić information content (AvgIpc) is 2.60. The van der Waals surface area contributed by atoms with Crippen LogP contribution in [0.1, 0.15) is 38.3 Å². The van der Waals surface area contributed by atoms with E-state index < -0.39 is 18.8 Å². The maximum Gasteiger partial charge on any atom is 0.500 e. The predicted molar refractivity (Wildman–Crippen MR) is 102 cm³/mol. The van der Waals surface area contributed by atoms with Crippen molar-refractivity contribution in [2.75, 3.05) is 26.4 Å². The fourth-order valence-electron chi connectivity index (χ4n) is 2.54. The molecule has 0 radical (unpaired) electrons. The Morgan fingerprint density at radius 1 is 1.08 bits per heavy atom. The van der Waals surface area contributed by atoms with E-state index in [0.717, 1.165) is 0 Å². The molecule has 0 aliphatic rings. The summed E-state index contributed by atoms with van der Waals surface area (Å²) < 4.78 is 44.4. The largest absolute Gasteiger partial charge is 0.500 e. The van der Waals surface area contributed by atoms with E-state index in [1.807, 2.05) is 26.8 Å². The van der Waals surface area contributed by atoms with Gasteiger partial charge in [-0.1, -0.05) is 18.2 Å². The number of hydrogen-bond acceptors (Lipinski definition) is 6. The van der Waals surface area contributed by atoms with E-state index in [-0.39, 0.29) is 12.3 Å². The third-order valence-electron chi connectivity index (χ3n) is 3.56. The molecule has 0 aliphatic carbocycles. The van der Waals surface area contributed by atoms with E-state index in [1.165, 1.54) is 0 Å². The summed E-state index contributed by atoms with van der Waals surface area (Å²) in [6.45, 7) is 7.38. The number of hydrogen-bond donors (Lipinski definition) is 1. The third-order valence-corrected chi connectivity index (χ3v) is 8.04. The van der Waals surface area contributed by atoms with Crippen molar-refractivity contribution in [3.05, 3.63) is 35.4 Å². The molecular weight excluding hydrogens is 372 g/mol. The molecule has 9 heteroatoms. The minimum atomic E-state index is -3.53. The molecule has 0 unspecified atom stereocenters. The van der Waals surface area contributed by atoms with Gasteiger partial charge in [0.1, 0.15) is 0 Å². The average molecular weight is 401 g/mol. The first-order chi connectivity index (χ1) is 12.4. The van der Waals surface area contributed by atoms with Crippen molar-refractivity contribution >= 4 is 18.8 Å². The van der Waals surface area contributed by atoms with Crippen LogP contribution in [0, 0.1) is 11.3 Å². The Balaban J connectivity index is 2.60. The highest BCUT2D eigenvalue weighted by molar-refractivity contribution is 7.88. The molecule has 0 spiro atoms. The number of nitrogens with zero attached hydrogens (tertiary/aromatic N) is 1. The lowest BCUT2D eigenvalue weighted by Gasteiger charge is -2.28. The fourth-order valence-corrected chi connectivity index (χ4v) is 6.38. The first-order valence-electron chi connectivity index (χ1n) is 8.79. The smallest absolute Gasteiger partial charge is 0.374 e. The Morgan fingerprint density at radius 2 is 1.65 bits per heavy atom. The number of benzene rings is 1. The van der Waals surface area contributed by atoms with Crippen LogP contribution in [-0.2, 0) is 29.1 Å². The van der Waals surface area contributed by atoms with Gasteiger partial charge in [0.15, 0.2) is 0 Å². The zero-order valence-corrected chi connectivity index (χ0v) is 17.5. The summed E-state index contributed by atoms with van der Waals surface area (Å²) >= 11 is 0. The Kier molecular flexibility index (Phi) is 10.0. The molecule has 1 aromatic carbocycles. The summed E-state index contributed by atoms with van der Waals surface area (Å²) in [5.74, 6) is -0.221. The lowest BCUT2D eigenvalue weighted by molar-refractivity contribution is 0.0709. The molecular formula is C17H28N2O5SSi. The second-order valence-electron chi connectivity index (χ2n) is 5.51. The van der Waals surface area contributed by atoms with Crippen LogP contribution in [-0.4, -0.2) is 43.6 Å². The molecule has 7 nitrogen and oxygen atoms in total. The quantitative estimate of drug-likeness (QED) is 0.403. The Morgan fingerprint density at radius 3 is 2.19 bits per heavy atom. The van der Waals surface area contributed by atoms with Crippen molar-refractivity contribution in [1.82, 2.24) is 4.72 Å². The van der Waals surface area contributed by atoms with E-state index in [0.29, 0.717) is 43.4 Å². The Labute approximate surface area is 157 Å². The third kappa shape index (κ3) is 7.53. The molecule has 1 rings (SSSR count). The molecule has 0 aromatic heterocycles. The molecule has 1 aromatic rings. The second kappa shape index (κ2) is 11.4. The van der Waals surface area contributed by atoms with Gasteiger partial charge in [-0.3, -0.25) is 0 Å². The monoisotopic (exact) mass is 400 g/mol. The van der Waals surface area contributed by atoms with Gasteiger partial charge < -0.3 is 13.3 Å². The van der Waals surface area contributed by atoms with Crippen LogP contribution in [0.3, 0.4) is 0 Å². The van der Waals surface area contributed by atoms with Gasteiger partial charge in [-0.15, -0.1) is 0 Å². The minimum Gasteiger partial charge on any atom is -0.374 e. The van der Waals surface area contributed by atoms with E-state index in [4.69, 9.17) is 18.5 Å². The van der Waals surface area contributed by atoms with Crippen LogP contribution in [0.2, 0.25) is 6.04 Å². The lowest BCUT2D eigenvalue weighted by atomic mass is 10.1. The van der Waals surface area contributed by atoms with Gasteiger partial charge in [0, 0.05) is 32.4 Å². The minimum absolute atomic E-state index is 0.221. The topological polar surface area (TPSA) is 97.7 Å². The van der Waals surface area contributed by atoms with Crippen molar-refractivity contribution in [2.24, 2.45) is 0 Å². The van der Waals surface area contributed by atoms with Gasteiger partial charge in [0.2, 0.25) is 10.0 Å². The van der Waals surface area contributed by atoms with Crippen molar-refractivity contribution in [2.45, 2.75) is 39.0 Å². The summed E-state index contributed by atoms with van der Waals surface area (Å²) in [4.78, 5) is 0. The number of nitrogens with one attached hydrogen (secondary N) is 1. The standard InChI is InChI=1S/C17H28N2O5SSi/c1-4-22-26(23-5-2,24-6-3)13-9-12-19-25(20,21)15-17-11-8-7-10-16(17)14-18/h7-8,10-11,19H,4-6,9,12-13,15H2,1-3H3. The van der Waals surface area contributed by atoms with E-state index in [2.05, 4.69) is 4.72 Å². The van der Waals surface area contributed by atoms with Crippen LogP contribution in [0.4, 0.5) is 0 Å². The van der Waals surface area contributed by atoms with Crippen LogP contribution in [0.15, 0.2) is 24.3 Å². The van der Waals surface area contributed by atoms with E-state index >= 15 is 0 Å². The number of rotatable bonds is 13. The highest BCUT2D eigenvalue weighted by Gasteiger charge is 2.39. The predicted octanol–water partition coefficient (Wildman–Crippen LogP) is 2.42. The zero-order chi connectivity index (χ0) is 19.5. The van der Waals surface area contributed by atoms with E-state index in [9.17, 15) is 8.42 Å². The summed E-state index contributed by atoms with van der Waals surface area (Å²) in [5.41, 5.74) is 0.859. The first kappa shape index (κ1) is 22.8. The number of nitriles is 1. The zero-order valence-electron chi connectivity index (χ0n) is 15.7. The maximum absolute atomic E-state index is 12.3.